The third kappa shape index (κ3) is 5.91. The van der Waals surface area contributed by atoms with Gasteiger partial charge in [-0.3, -0.25) is 14.4 Å². The van der Waals surface area contributed by atoms with Crippen molar-refractivity contribution in [2.24, 2.45) is 11.8 Å². The Kier molecular flexibility index (Phi) is 10.1. The number of aliphatic hydroxyl groups excluding tert-OH is 1. The Balaban J connectivity index is 1.49. The van der Waals surface area contributed by atoms with Crippen LogP contribution in [0.3, 0.4) is 0 Å². The Labute approximate surface area is 266 Å². The first-order valence-electron chi connectivity index (χ1n) is 16.1. The van der Waals surface area contributed by atoms with Gasteiger partial charge in [0.1, 0.15) is 11.6 Å². The van der Waals surface area contributed by atoms with Gasteiger partial charge < -0.3 is 29.4 Å². The quantitative estimate of drug-likeness (QED) is 0.305. The van der Waals surface area contributed by atoms with Crippen LogP contribution in [0.25, 0.3) is 0 Å². The molecule has 2 aromatic rings. The molecule has 3 aliphatic heterocycles. The van der Waals surface area contributed by atoms with Crippen LogP contribution in [0.2, 0.25) is 0 Å². The monoisotopic (exact) mass is 614 g/mol. The van der Waals surface area contributed by atoms with Crippen LogP contribution in [0.5, 0.6) is 0 Å². The summed E-state index contributed by atoms with van der Waals surface area (Å²) < 4.78 is 6.68. The second-order valence-electron chi connectivity index (χ2n) is 12.1. The molecule has 3 aliphatic rings. The smallest absolute Gasteiger partial charge is 0.253 e. The lowest BCUT2D eigenvalue weighted by Gasteiger charge is -2.37. The van der Waals surface area contributed by atoms with Crippen molar-refractivity contribution < 1.29 is 24.2 Å². The lowest BCUT2D eigenvalue weighted by atomic mass is 9.70. The fraction of sp³-hybridized carbons (Fsp3) is 0.472. The largest absolute Gasteiger partial charge is 0.396 e. The summed E-state index contributed by atoms with van der Waals surface area (Å²) in [6.07, 6.45) is 4.33. The van der Waals surface area contributed by atoms with Crippen molar-refractivity contribution in [3.63, 3.8) is 0 Å². The first kappa shape index (κ1) is 32.4. The van der Waals surface area contributed by atoms with Gasteiger partial charge in [-0.1, -0.05) is 42.5 Å². The van der Waals surface area contributed by atoms with Crippen LogP contribution >= 0.6 is 0 Å². The van der Waals surface area contributed by atoms with Gasteiger partial charge in [0.15, 0.2) is 0 Å². The molecule has 3 saturated heterocycles. The third-order valence-corrected chi connectivity index (χ3v) is 9.62. The fourth-order valence-electron chi connectivity index (χ4n) is 7.63. The molecule has 45 heavy (non-hydrogen) atoms. The first-order chi connectivity index (χ1) is 21.8. The molecule has 3 fully saturated rings. The zero-order chi connectivity index (χ0) is 32.1. The molecule has 0 radical (unpaired) electrons. The van der Waals surface area contributed by atoms with Crippen molar-refractivity contribution in [3.05, 3.63) is 85.5 Å². The summed E-state index contributed by atoms with van der Waals surface area (Å²) in [6.45, 7) is 14.7. The van der Waals surface area contributed by atoms with E-state index in [0.29, 0.717) is 38.0 Å². The van der Waals surface area contributed by atoms with Crippen LogP contribution in [0.4, 0.5) is 11.4 Å². The topological polar surface area (TPSA) is 93.6 Å². The van der Waals surface area contributed by atoms with Gasteiger partial charge in [-0.15, -0.1) is 13.2 Å². The van der Waals surface area contributed by atoms with Gasteiger partial charge in [0.05, 0.1) is 17.9 Å². The van der Waals surface area contributed by atoms with Gasteiger partial charge in [0, 0.05) is 57.3 Å². The maximum atomic E-state index is 14.7. The van der Waals surface area contributed by atoms with Crippen LogP contribution in [-0.2, 0) is 25.7 Å². The number of hydrogen-bond acceptors (Lipinski definition) is 6. The van der Waals surface area contributed by atoms with Crippen LogP contribution < -0.4 is 9.80 Å². The number of nitrogens with zero attached hydrogens (tertiary/aromatic N) is 4. The van der Waals surface area contributed by atoms with E-state index in [0.717, 1.165) is 24.3 Å². The van der Waals surface area contributed by atoms with E-state index >= 15 is 0 Å². The van der Waals surface area contributed by atoms with Crippen LogP contribution in [0, 0.1) is 11.8 Å². The second kappa shape index (κ2) is 14.0. The maximum Gasteiger partial charge on any atom is 0.253 e. The number of likely N-dealkylation sites (tertiary alicyclic amines) is 1. The highest BCUT2D eigenvalue weighted by atomic mass is 16.5. The number of ether oxygens (including phenoxy) is 1. The summed E-state index contributed by atoms with van der Waals surface area (Å²) in [5.41, 5.74) is 1.62. The molecule has 5 rings (SSSR count). The highest BCUT2D eigenvalue weighted by Crippen LogP contribution is 2.59. The number of benzene rings is 2. The molecule has 1 spiro atoms. The molecule has 240 valence electrons. The summed E-state index contributed by atoms with van der Waals surface area (Å²) in [4.78, 5) is 50.5. The van der Waals surface area contributed by atoms with Crippen molar-refractivity contribution >= 4 is 29.1 Å². The Morgan fingerprint density at radius 2 is 1.67 bits per heavy atom. The molecule has 2 aromatic carbocycles. The van der Waals surface area contributed by atoms with E-state index in [4.69, 9.17) is 4.74 Å². The summed E-state index contributed by atoms with van der Waals surface area (Å²) in [6, 6.07) is 16.7. The Morgan fingerprint density at radius 1 is 1.00 bits per heavy atom. The minimum absolute atomic E-state index is 0.123. The molecule has 0 saturated carbocycles. The van der Waals surface area contributed by atoms with Crippen LogP contribution in [0.15, 0.2) is 79.9 Å². The summed E-state index contributed by atoms with van der Waals surface area (Å²) in [7, 11) is 0. The molecule has 3 amide bonds. The van der Waals surface area contributed by atoms with E-state index in [9.17, 15) is 19.5 Å². The van der Waals surface area contributed by atoms with E-state index in [-0.39, 0.29) is 37.4 Å². The van der Waals surface area contributed by atoms with Gasteiger partial charge in [-0.05, 0) is 62.9 Å². The molecule has 0 aliphatic carbocycles. The van der Waals surface area contributed by atoms with Crippen molar-refractivity contribution in [1.82, 2.24) is 9.80 Å². The lowest BCUT2D eigenvalue weighted by molar-refractivity contribution is -0.145. The van der Waals surface area contributed by atoms with E-state index in [2.05, 4.69) is 31.9 Å². The van der Waals surface area contributed by atoms with Crippen molar-refractivity contribution in [2.45, 2.75) is 57.4 Å². The molecule has 1 N–H and O–H groups in total. The van der Waals surface area contributed by atoms with E-state index in [1.165, 1.54) is 0 Å². The Morgan fingerprint density at radius 3 is 2.29 bits per heavy atom. The van der Waals surface area contributed by atoms with E-state index < -0.39 is 29.6 Å². The molecule has 5 atom stereocenters. The molecule has 9 nitrogen and oxygen atoms in total. The predicted molar refractivity (Wildman–Crippen MR) is 176 cm³/mol. The zero-order valence-electron chi connectivity index (χ0n) is 26.5. The highest BCUT2D eigenvalue weighted by molar-refractivity contribution is 6.05. The number of aliphatic hydroxyl groups is 1. The van der Waals surface area contributed by atoms with E-state index in [1.807, 2.05) is 54.6 Å². The molecule has 3 heterocycles. The van der Waals surface area contributed by atoms with Crippen molar-refractivity contribution in [2.75, 3.05) is 49.1 Å². The van der Waals surface area contributed by atoms with Gasteiger partial charge in [-0.2, -0.15) is 0 Å². The standard InChI is InChI=1S/C36H46N4O5/c1-5-21-38(25-26-13-10-9-11-14-26)33(42)30-29-19-20-36(45-29)31(30)34(43)40(23-12-24-41)32(36)35(44)39(22-6-2)28-17-15-27(16-18-28)37(7-3)8-4/h5-6,9-11,13-18,29-32,41H,1-2,7-8,12,19-25H2,3-4H3/t29-,30+,31+,32?,36?/m1/s1. The van der Waals surface area contributed by atoms with Crippen molar-refractivity contribution in [1.29, 1.82) is 0 Å². The van der Waals surface area contributed by atoms with Gasteiger partial charge in [0.25, 0.3) is 5.91 Å². The fourth-order valence-corrected chi connectivity index (χ4v) is 7.63. The minimum Gasteiger partial charge on any atom is -0.396 e. The number of fused-ring (bicyclic) bond motifs is 1. The number of rotatable bonds is 15. The van der Waals surface area contributed by atoms with Gasteiger partial charge in [0.2, 0.25) is 11.8 Å². The molecule has 2 bridgehead atoms. The average Bonchev–Trinajstić information content (AvgIpc) is 3.70. The zero-order valence-corrected chi connectivity index (χ0v) is 26.5. The SMILES string of the molecule is C=CCN(Cc1ccccc1)C(=O)[C@@H]1[C@H]2C(=O)N(CCCO)C(C(=O)N(CC=C)c3ccc(N(CC)CC)cc3)C23CC[C@H]1O3. The first-order valence-corrected chi connectivity index (χ1v) is 16.1. The average molecular weight is 615 g/mol. The van der Waals surface area contributed by atoms with Crippen LogP contribution in [0.1, 0.15) is 38.7 Å². The summed E-state index contributed by atoms with van der Waals surface area (Å²) in [5.74, 6) is -2.16. The minimum atomic E-state index is -1.12. The molecule has 9 heteroatoms. The summed E-state index contributed by atoms with van der Waals surface area (Å²) >= 11 is 0. The van der Waals surface area contributed by atoms with E-state index in [1.54, 1.807) is 26.9 Å². The van der Waals surface area contributed by atoms with Crippen molar-refractivity contribution in [3.8, 4) is 0 Å². The Bertz CT molecular complexity index is 1380. The van der Waals surface area contributed by atoms with Gasteiger partial charge >= 0.3 is 0 Å². The number of amides is 3. The molecule has 2 unspecified atom stereocenters. The summed E-state index contributed by atoms with van der Waals surface area (Å²) in [5, 5.41) is 9.71. The number of carbonyl (C=O) groups is 3. The predicted octanol–water partition coefficient (Wildman–Crippen LogP) is 4.02. The molecular weight excluding hydrogens is 568 g/mol. The number of anilines is 2. The maximum absolute atomic E-state index is 14.7. The highest BCUT2D eigenvalue weighted by Gasteiger charge is 2.74. The Hall–Kier alpha value is -3.95. The normalized spacial score (nSPS) is 24.8. The van der Waals surface area contributed by atoms with Crippen LogP contribution in [-0.4, -0.2) is 89.7 Å². The molecular formula is C36H46N4O5. The van der Waals surface area contributed by atoms with Gasteiger partial charge in [-0.25, -0.2) is 0 Å². The number of carbonyl (C=O) groups excluding carboxylic acids is 3. The second-order valence-corrected chi connectivity index (χ2v) is 12.1. The molecule has 0 aromatic heterocycles. The third-order valence-electron chi connectivity index (χ3n) is 9.62. The lowest BCUT2D eigenvalue weighted by Crippen LogP contribution is -2.56. The number of hydrogen-bond donors (Lipinski definition) is 1.